The Hall–Kier alpha value is -4.27. The molecular weight excluding hydrogens is 448 g/mol. The highest BCUT2D eigenvalue weighted by Crippen LogP contribution is 2.30. The highest BCUT2D eigenvalue weighted by Gasteiger charge is 2.33. The zero-order valence-electron chi connectivity index (χ0n) is 18.0. The summed E-state index contributed by atoms with van der Waals surface area (Å²) in [6, 6.07) is 3.96. The molecule has 4 rings (SSSR count). The van der Waals surface area contributed by atoms with Crippen molar-refractivity contribution in [1.29, 1.82) is 0 Å². The van der Waals surface area contributed by atoms with Crippen LogP contribution in [0.5, 0.6) is 0 Å². The molecule has 10 nitrogen and oxygen atoms in total. The number of hydrogen-bond donors (Lipinski definition) is 1. The molecule has 12 heteroatoms. The number of piperazine rings is 1. The molecule has 0 spiro atoms. The van der Waals surface area contributed by atoms with Crippen LogP contribution in [0.1, 0.15) is 23.7 Å². The molecule has 2 N–H and O–H groups in total. The number of aromatic nitrogens is 2. The SMILES string of the molecule is NC(=O)OCC#Cc1ccnc(N2CCN(C(=O)N3N=CCC3c3cc(F)cc(F)c3)CC2)n1. The number of anilines is 1. The smallest absolute Gasteiger partial charge is 0.405 e. The Morgan fingerprint density at radius 2 is 1.88 bits per heavy atom. The molecular formula is C22H21F2N7O3. The summed E-state index contributed by atoms with van der Waals surface area (Å²) in [5.74, 6) is 4.47. The monoisotopic (exact) mass is 469 g/mol. The fourth-order valence-corrected chi connectivity index (χ4v) is 3.69. The Kier molecular flexibility index (Phi) is 6.82. The maximum Gasteiger partial charge on any atom is 0.405 e. The third kappa shape index (κ3) is 5.37. The predicted octanol–water partition coefficient (Wildman–Crippen LogP) is 1.88. The van der Waals surface area contributed by atoms with Crippen molar-refractivity contribution in [3.63, 3.8) is 0 Å². The summed E-state index contributed by atoms with van der Waals surface area (Å²) in [6.45, 7) is 1.59. The van der Waals surface area contributed by atoms with Gasteiger partial charge < -0.3 is 20.3 Å². The number of nitrogens with zero attached hydrogens (tertiary/aromatic N) is 6. The quantitative estimate of drug-likeness (QED) is 0.686. The summed E-state index contributed by atoms with van der Waals surface area (Å²) in [4.78, 5) is 35.9. The normalized spacial score (nSPS) is 17.4. The number of carbonyl (C=O) groups is 2. The van der Waals surface area contributed by atoms with Gasteiger partial charge in [-0.05, 0) is 29.7 Å². The first-order valence-corrected chi connectivity index (χ1v) is 10.5. The van der Waals surface area contributed by atoms with Crippen LogP contribution in [0.4, 0.5) is 24.3 Å². The Labute approximate surface area is 194 Å². The third-order valence-electron chi connectivity index (χ3n) is 5.27. The van der Waals surface area contributed by atoms with Crippen LogP contribution in [0.2, 0.25) is 0 Å². The topological polar surface area (TPSA) is 117 Å². The first-order chi connectivity index (χ1) is 16.4. The van der Waals surface area contributed by atoms with Gasteiger partial charge in [0.1, 0.15) is 17.3 Å². The molecule has 0 saturated carbocycles. The standard InChI is InChI=1S/C22H21F2N7O3/c23-16-12-15(13-17(24)14-16)19-4-6-27-31(19)22(33)30-9-7-29(8-10-30)21-26-5-3-18(28-21)2-1-11-34-20(25)32/h3,5-6,12-14,19H,4,7-11H2,(H2,25,32). The lowest BCUT2D eigenvalue weighted by Gasteiger charge is -2.37. The summed E-state index contributed by atoms with van der Waals surface area (Å²) < 4.78 is 31.9. The number of nitrogens with two attached hydrogens (primary N) is 1. The summed E-state index contributed by atoms with van der Waals surface area (Å²) in [5.41, 5.74) is 5.69. The number of benzene rings is 1. The van der Waals surface area contributed by atoms with Gasteiger partial charge in [-0.2, -0.15) is 5.10 Å². The second kappa shape index (κ2) is 10.1. The van der Waals surface area contributed by atoms with Crippen molar-refractivity contribution in [2.45, 2.75) is 12.5 Å². The van der Waals surface area contributed by atoms with Gasteiger partial charge in [-0.15, -0.1) is 0 Å². The minimum Gasteiger partial charge on any atom is -0.437 e. The zero-order chi connectivity index (χ0) is 24.1. The second-order valence-corrected chi connectivity index (χ2v) is 7.50. The lowest BCUT2D eigenvalue weighted by molar-refractivity contribution is 0.139. The summed E-state index contributed by atoms with van der Waals surface area (Å²) >= 11 is 0. The molecule has 3 heterocycles. The molecule has 3 amide bonds. The molecule has 1 unspecified atom stereocenters. The lowest BCUT2D eigenvalue weighted by atomic mass is 10.0. The van der Waals surface area contributed by atoms with Crippen molar-refractivity contribution in [1.82, 2.24) is 19.9 Å². The molecule has 1 atom stereocenters. The van der Waals surface area contributed by atoms with Crippen LogP contribution in [0.15, 0.2) is 35.6 Å². The first kappa shape index (κ1) is 22.9. The maximum atomic E-state index is 13.7. The molecule has 2 aliphatic heterocycles. The molecule has 1 aromatic carbocycles. The average molecular weight is 469 g/mol. The van der Waals surface area contributed by atoms with E-state index in [4.69, 9.17) is 5.73 Å². The van der Waals surface area contributed by atoms with Gasteiger partial charge in [0.15, 0.2) is 6.61 Å². The fourth-order valence-electron chi connectivity index (χ4n) is 3.69. The summed E-state index contributed by atoms with van der Waals surface area (Å²) in [5, 5.41) is 5.41. The van der Waals surface area contributed by atoms with E-state index in [1.807, 2.05) is 4.90 Å². The Morgan fingerprint density at radius 1 is 1.15 bits per heavy atom. The zero-order valence-corrected chi connectivity index (χ0v) is 18.0. The number of halogens is 2. The summed E-state index contributed by atoms with van der Waals surface area (Å²) in [7, 11) is 0. The van der Waals surface area contributed by atoms with Crippen molar-refractivity contribution in [2.75, 3.05) is 37.7 Å². The van der Waals surface area contributed by atoms with E-state index in [9.17, 15) is 18.4 Å². The van der Waals surface area contributed by atoms with Crippen LogP contribution >= 0.6 is 0 Å². The first-order valence-electron chi connectivity index (χ1n) is 10.5. The number of primary amides is 1. The molecule has 1 aromatic heterocycles. The van der Waals surface area contributed by atoms with E-state index in [0.29, 0.717) is 49.8 Å². The van der Waals surface area contributed by atoms with Gasteiger partial charge in [0.2, 0.25) is 5.95 Å². The van der Waals surface area contributed by atoms with Crippen LogP contribution in [0, 0.1) is 23.5 Å². The van der Waals surface area contributed by atoms with E-state index in [-0.39, 0.29) is 12.6 Å². The van der Waals surface area contributed by atoms with Crippen molar-refractivity contribution >= 4 is 24.3 Å². The minimum atomic E-state index is -0.904. The highest BCUT2D eigenvalue weighted by atomic mass is 19.1. The molecule has 2 aromatic rings. The van der Waals surface area contributed by atoms with Crippen LogP contribution in [0.3, 0.4) is 0 Å². The fraction of sp³-hybridized carbons (Fsp3) is 0.318. The van der Waals surface area contributed by atoms with Crippen molar-refractivity contribution in [2.24, 2.45) is 10.8 Å². The van der Waals surface area contributed by atoms with Crippen LogP contribution in [0.25, 0.3) is 0 Å². The van der Waals surface area contributed by atoms with E-state index < -0.39 is 23.8 Å². The van der Waals surface area contributed by atoms with E-state index >= 15 is 0 Å². The van der Waals surface area contributed by atoms with E-state index in [1.54, 1.807) is 23.4 Å². The number of hydrogen-bond acceptors (Lipinski definition) is 7. The molecule has 0 bridgehead atoms. The molecule has 34 heavy (non-hydrogen) atoms. The minimum absolute atomic E-state index is 0.141. The van der Waals surface area contributed by atoms with E-state index in [0.717, 1.165) is 6.07 Å². The Morgan fingerprint density at radius 3 is 2.59 bits per heavy atom. The molecule has 0 radical (unpaired) electrons. The van der Waals surface area contributed by atoms with E-state index in [2.05, 4.69) is 31.6 Å². The number of urea groups is 1. The number of rotatable bonds is 3. The molecule has 0 aliphatic carbocycles. The average Bonchev–Trinajstić information content (AvgIpc) is 3.31. The van der Waals surface area contributed by atoms with Crippen molar-refractivity contribution < 1.29 is 23.1 Å². The van der Waals surface area contributed by atoms with Crippen LogP contribution in [-0.2, 0) is 4.74 Å². The number of carbonyl (C=O) groups excluding carboxylic acids is 2. The van der Waals surface area contributed by atoms with Gasteiger partial charge in [-0.3, -0.25) is 0 Å². The molecule has 1 fully saturated rings. The van der Waals surface area contributed by atoms with Crippen molar-refractivity contribution in [3.05, 3.63) is 53.4 Å². The maximum absolute atomic E-state index is 13.7. The lowest BCUT2D eigenvalue weighted by Crippen LogP contribution is -2.52. The van der Waals surface area contributed by atoms with Gasteiger partial charge in [0, 0.05) is 51.1 Å². The molecule has 1 saturated heterocycles. The Balaban J connectivity index is 1.37. The molecule has 2 aliphatic rings. The van der Waals surface area contributed by atoms with Crippen molar-refractivity contribution in [3.8, 4) is 11.8 Å². The Bertz CT molecular complexity index is 1150. The molecule has 176 valence electrons. The van der Waals surface area contributed by atoms with E-state index in [1.165, 1.54) is 17.1 Å². The number of amides is 3. The second-order valence-electron chi connectivity index (χ2n) is 7.50. The highest BCUT2D eigenvalue weighted by molar-refractivity contribution is 5.78. The third-order valence-corrected chi connectivity index (χ3v) is 5.27. The van der Waals surface area contributed by atoms with Gasteiger partial charge in [0.05, 0.1) is 6.04 Å². The largest absolute Gasteiger partial charge is 0.437 e. The van der Waals surface area contributed by atoms with Gasteiger partial charge in [-0.25, -0.2) is 33.3 Å². The number of ether oxygens (including phenoxy) is 1. The van der Waals surface area contributed by atoms with Gasteiger partial charge >= 0.3 is 12.1 Å². The predicted molar refractivity (Wildman–Crippen MR) is 118 cm³/mol. The number of hydrazone groups is 1. The van der Waals surface area contributed by atoms with Crippen LogP contribution < -0.4 is 10.6 Å². The van der Waals surface area contributed by atoms with Gasteiger partial charge in [-0.1, -0.05) is 5.92 Å². The van der Waals surface area contributed by atoms with Gasteiger partial charge in [0.25, 0.3) is 0 Å². The van der Waals surface area contributed by atoms with Crippen LogP contribution in [-0.4, -0.2) is 71.0 Å². The summed E-state index contributed by atoms with van der Waals surface area (Å²) in [6.07, 6.45) is 2.61.